The van der Waals surface area contributed by atoms with Gasteiger partial charge in [0.2, 0.25) is 5.95 Å². The van der Waals surface area contributed by atoms with E-state index in [0.717, 1.165) is 61.8 Å². The summed E-state index contributed by atoms with van der Waals surface area (Å²) >= 11 is 0. The smallest absolute Gasteiger partial charge is 0.367 e. The van der Waals surface area contributed by atoms with E-state index >= 15 is 8.78 Å². The first-order valence-electron chi connectivity index (χ1n) is 14.5. The van der Waals surface area contributed by atoms with Crippen LogP contribution in [0.4, 0.5) is 45.1 Å². The van der Waals surface area contributed by atoms with Crippen molar-refractivity contribution < 1.29 is 26.8 Å². The minimum Gasteiger partial charge on any atom is -0.367 e. The van der Waals surface area contributed by atoms with Gasteiger partial charge in [-0.3, -0.25) is 9.74 Å². The number of likely N-dealkylation sites (N-methyl/N-ethyl adjacent to an activating group) is 1. The highest BCUT2D eigenvalue weighted by atomic mass is 19.4. The molecular weight excluding hydrogens is 569 g/mol. The zero-order chi connectivity index (χ0) is 30.1. The first kappa shape index (κ1) is 29.5. The van der Waals surface area contributed by atoms with Gasteiger partial charge in [-0.1, -0.05) is 30.3 Å². The van der Waals surface area contributed by atoms with Gasteiger partial charge in [0, 0.05) is 63.6 Å². The highest BCUT2D eigenvalue weighted by Crippen LogP contribution is 2.42. The predicted octanol–water partition coefficient (Wildman–Crippen LogP) is 5.62. The molecule has 3 aliphatic heterocycles. The third-order valence-electron chi connectivity index (χ3n) is 8.48. The molecule has 1 aromatic heterocycles. The fourth-order valence-corrected chi connectivity index (χ4v) is 6.17. The van der Waals surface area contributed by atoms with E-state index in [-0.39, 0.29) is 23.9 Å². The van der Waals surface area contributed by atoms with E-state index in [1.54, 1.807) is 17.0 Å². The number of piperidine rings is 1. The first-order valence-corrected chi connectivity index (χ1v) is 14.5. The zero-order valence-electron chi connectivity index (χ0n) is 23.8. The molecule has 0 spiro atoms. The van der Waals surface area contributed by atoms with Crippen LogP contribution in [0.5, 0.6) is 0 Å². The second kappa shape index (κ2) is 12.2. The van der Waals surface area contributed by atoms with E-state index in [2.05, 4.69) is 32.1 Å². The molecule has 0 saturated carbocycles. The van der Waals surface area contributed by atoms with Crippen LogP contribution in [0, 0.1) is 11.6 Å². The van der Waals surface area contributed by atoms with Crippen molar-refractivity contribution in [2.45, 2.75) is 37.5 Å². The normalized spacial score (nSPS) is 21.0. The summed E-state index contributed by atoms with van der Waals surface area (Å²) in [6.07, 6.45) is -2.02. The van der Waals surface area contributed by atoms with Gasteiger partial charge in [0.15, 0.2) is 17.5 Å². The Hall–Kier alpha value is -3.55. The summed E-state index contributed by atoms with van der Waals surface area (Å²) in [6, 6.07) is 11.2. The molecule has 13 heteroatoms. The fourth-order valence-electron chi connectivity index (χ4n) is 6.17. The quantitative estimate of drug-likeness (QED) is 0.365. The second-order valence-corrected chi connectivity index (χ2v) is 11.3. The number of piperazine rings is 1. The lowest BCUT2D eigenvalue weighted by Crippen LogP contribution is -2.52. The number of hydrogen-bond acceptors (Lipinski definition) is 8. The van der Waals surface area contributed by atoms with Crippen LogP contribution >= 0.6 is 0 Å². The molecule has 0 aliphatic carbocycles. The standard InChI is InChI=1S/C30H34F5N7O/c1-39-12-14-40(15-13-39)22-7-10-41(11-8-22)27-24(31)17-21(18-25(27)32)37-29-36-19-23(30(33,34)35)28(38-29)42-26(9-16-43-42)20-5-3-2-4-6-20/h2-6,17-19,22,26H,7-16H2,1H3,(H,36,37,38). The van der Waals surface area contributed by atoms with E-state index < -0.39 is 35.2 Å². The summed E-state index contributed by atoms with van der Waals surface area (Å²) in [5.74, 6) is -2.25. The topological polar surface area (TPSA) is 60.0 Å². The fraction of sp³-hybridized carbons (Fsp3) is 0.467. The molecule has 6 rings (SSSR count). The third-order valence-corrected chi connectivity index (χ3v) is 8.48. The summed E-state index contributed by atoms with van der Waals surface area (Å²) in [4.78, 5) is 20.0. The molecule has 3 fully saturated rings. The Morgan fingerprint density at radius 2 is 1.58 bits per heavy atom. The van der Waals surface area contributed by atoms with Crippen molar-refractivity contribution in [1.82, 2.24) is 19.8 Å². The maximum Gasteiger partial charge on any atom is 0.421 e. The summed E-state index contributed by atoms with van der Waals surface area (Å²) in [5, 5.41) is 3.83. The maximum atomic E-state index is 15.3. The van der Waals surface area contributed by atoms with E-state index in [4.69, 9.17) is 4.84 Å². The molecule has 0 radical (unpaired) electrons. The molecule has 0 amide bonds. The van der Waals surface area contributed by atoms with Crippen LogP contribution < -0.4 is 15.3 Å². The number of benzene rings is 2. The molecule has 1 unspecified atom stereocenters. The minimum atomic E-state index is -4.75. The van der Waals surface area contributed by atoms with Crippen molar-refractivity contribution in [3.8, 4) is 0 Å². The van der Waals surface area contributed by atoms with Crippen LogP contribution in [0.1, 0.15) is 36.4 Å². The molecule has 230 valence electrons. The van der Waals surface area contributed by atoms with Gasteiger partial charge >= 0.3 is 6.18 Å². The number of alkyl halides is 3. The Labute approximate surface area is 247 Å². The summed E-state index contributed by atoms with van der Waals surface area (Å²) < 4.78 is 72.6. The van der Waals surface area contributed by atoms with Crippen molar-refractivity contribution in [2.24, 2.45) is 0 Å². The molecule has 8 nitrogen and oxygen atoms in total. The van der Waals surface area contributed by atoms with E-state index in [9.17, 15) is 13.2 Å². The molecule has 1 N–H and O–H groups in total. The predicted molar refractivity (Wildman–Crippen MR) is 153 cm³/mol. The SMILES string of the molecule is CN1CCN(C2CCN(c3c(F)cc(Nc4ncc(C(F)(F)F)c(N5OCCC5c5ccccc5)n4)cc3F)CC2)CC1. The van der Waals surface area contributed by atoms with Gasteiger partial charge in [-0.05, 0) is 37.6 Å². The Kier molecular flexibility index (Phi) is 8.38. The molecule has 4 heterocycles. The highest BCUT2D eigenvalue weighted by molar-refractivity contribution is 5.63. The first-order chi connectivity index (χ1) is 20.7. The van der Waals surface area contributed by atoms with Gasteiger partial charge < -0.3 is 15.1 Å². The number of aromatic nitrogens is 2. The van der Waals surface area contributed by atoms with Crippen LogP contribution in [-0.2, 0) is 11.0 Å². The number of hydrogen-bond donors (Lipinski definition) is 1. The van der Waals surface area contributed by atoms with E-state index in [1.165, 1.54) is 0 Å². The minimum absolute atomic E-state index is 0.0151. The van der Waals surface area contributed by atoms with Crippen LogP contribution in [0.2, 0.25) is 0 Å². The number of anilines is 4. The van der Waals surface area contributed by atoms with E-state index in [0.29, 0.717) is 31.7 Å². The monoisotopic (exact) mass is 603 g/mol. The molecule has 3 aromatic rings. The van der Waals surface area contributed by atoms with Crippen molar-refractivity contribution in [3.05, 3.63) is 71.4 Å². The molecular formula is C30H34F5N7O. The average molecular weight is 604 g/mol. The van der Waals surface area contributed by atoms with Gasteiger partial charge in [0.05, 0.1) is 12.6 Å². The molecule has 0 bridgehead atoms. The van der Waals surface area contributed by atoms with Gasteiger partial charge in [-0.2, -0.15) is 18.2 Å². The van der Waals surface area contributed by atoms with Crippen LogP contribution in [0.15, 0.2) is 48.7 Å². The summed E-state index contributed by atoms with van der Waals surface area (Å²) in [7, 11) is 2.11. The summed E-state index contributed by atoms with van der Waals surface area (Å²) in [6.45, 7) is 5.28. The number of nitrogens with one attached hydrogen (secondary N) is 1. The Balaban J connectivity index is 1.20. The lowest BCUT2D eigenvalue weighted by Gasteiger charge is -2.42. The lowest BCUT2D eigenvalue weighted by molar-refractivity contribution is -0.138. The van der Waals surface area contributed by atoms with Gasteiger partial charge in [-0.15, -0.1) is 0 Å². The van der Waals surface area contributed by atoms with Crippen molar-refractivity contribution >= 4 is 23.1 Å². The van der Waals surface area contributed by atoms with Crippen LogP contribution in [-0.4, -0.2) is 78.7 Å². The summed E-state index contributed by atoms with van der Waals surface area (Å²) in [5.41, 5.74) is -0.423. The van der Waals surface area contributed by atoms with Crippen LogP contribution in [0.25, 0.3) is 0 Å². The van der Waals surface area contributed by atoms with E-state index in [1.807, 2.05) is 18.2 Å². The number of hydroxylamine groups is 1. The van der Waals surface area contributed by atoms with Crippen LogP contribution in [0.3, 0.4) is 0 Å². The largest absolute Gasteiger partial charge is 0.421 e. The number of halogens is 5. The van der Waals surface area contributed by atoms with Crippen molar-refractivity contribution in [1.29, 1.82) is 0 Å². The second-order valence-electron chi connectivity index (χ2n) is 11.3. The molecule has 3 aliphatic rings. The van der Waals surface area contributed by atoms with Gasteiger partial charge in [-0.25, -0.2) is 18.8 Å². The number of rotatable bonds is 6. The average Bonchev–Trinajstić information content (AvgIpc) is 3.48. The molecule has 1 atom stereocenters. The molecule has 43 heavy (non-hydrogen) atoms. The van der Waals surface area contributed by atoms with Gasteiger partial charge in [0.1, 0.15) is 11.3 Å². The molecule has 3 saturated heterocycles. The highest BCUT2D eigenvalue weighted by Gasteiger charge is 2.40. The molecule has 2 aromatic carbocycles. The third kappa shape index (κ3) is 6.38. The van der Waals surface area contributed by atoms with Crippen molar-refractivity contribution in [2.75, 3.05) is 68.2 Å². The number of nitrogens with zero attached hydrogens (tertiary/aromatic N) is 6. The van der Waals surface area contributed by atoms with Gasteiger partial charge in [0.25, 0.3) is 0 Å². The Morgan fingerprint density at radius 1 is 0.907 bits per heavy atom. The Bertz CT molecular complexity index is 1390. The lowest BCUT2D eigenvalue weighted by atomic mass is 10.0. The maximum absolute atomic E-state index is 15.3. The Morgan fingerprint density at radius 3 is 2.23 bits per heavy atom. The van der Waals surface area contributed by atoms with Crippen molar-refractivity contribution in [3.63, 3.8) is 0 Å². The zero-order valence-corrected chi connectivity index (χ0v) is 23.8.